The maximum atomic E-state index is 12.4. The molecule has 196 valence electrons. The van der Waals surface area contributed by atoms with Gasteiger partial charge in [-0.3, -0.25) is 0 Å². The lowest BCUT2D eigenvalue weighted by Gasteiger charge is -2.14. The molecule has 0 aliphatic heterocycles. The van der Waals surface area contributed by atoms with Gasteiger partial charge < -0.3 is 23.4 Å². The third-order valence-corrected chi connectivity index (χ3v) is 5.57. The van der Waals surface area contributed by atoms with Gasteiger partial charge in [-0.25, -0.2) is 14.4 Å². The lowest BCUT2D eigenvalue weighted by molar-refractivity contribution is -0.148. The van der Waals surface area contributed by atoms with Crippen molar-refractivity contribution in [1.82, 2.24) is 0 Å². The maximum absolute atomic E-state index is 12.4. The molecule has 0 saturated carbocycles. The van der Waals surface area contributed by atoms with E-state index in [0.717, 1.165) is 23.1 Å². The van der Waals surface area contributed by atoms with Gasteiger partial charge in [0.05, 0.1) is 5.39 Å². The van der Waals surface area contributed by atoms with Crippen molar-refractivity contribution in [2.45, 2.75) is 33.0 Å². The summed E-state index contributed by atoms with van der Waals surface area (Å²) in [5.41, 5.74) is 2.14. The molecule has 4 rings (SSSR count). The molecule has 0 fully saturated rings. The van der Waals surface area contributed by atoms with Crippen LogP contribution in [0.5, 0.6) is 11.5 Å². The summed E-state index contributed by atoms with van der Waals surface area (Å²) >= 11 is 0. The third kappa shape index (κ3) is 7.46. The molecule has 0 amide bonds. The summed E-state index contributed by atoms with van der Waals surface area (Å²) in [5, 5.41) is 0.557. The number of ether oxygens (including phenoxy) is 4. The molecule has 0 unspecified atom stereocenters. The second-order valence-corrected chi connectivity index (χ2v) is 8.51. The Morgan fingerprint density at radius 2 is 1.34 bits per heavy atom. The standard InChI is InChI=1S/C30H28O8/c1-2-9-23-14-27(31)38-26-16-24(34-19-28(32)36-17-21-10-5-3-6-11-21)15-25(30(23)26)35-20-29(33)37-18-22-12-7-4-8-13-22/h3-8,10-16H,2,9,17-20H2,1H3. The molecule has 4 aromatic rings. The fraction of sp³-hybridized carbons (Fsp3) is 0.233. The summed E-state index contributed by atoms with van der Waals surface area (Å²) in [6.07, 6.45) is 1.38. The summed E-state index contributed by atoms with van der Waals surface area (Å²) in [6.45, 7) is 1.49. The van der Waals surface area contributed by atoms with Gasteiger partial charge in [0.25, 0.3) is 0 Å². The van der Waals surface area contributed by atoms with Crippen molar-refractivity contribution in [3.8, 4) is 11.5 Å². The van der Waals surface area contributed by atoms with Crippen LogP contribution >= 0.6 is 0 Å². The predicted octanol–water partition coefficient (Wildman–Crippen LogP) is 4.99. The number of hydrogen-bond donors (Lipinski definition) is 0. The fourth-order valence-electron chi connectivity index (χ4n) is 3.82. The Morgan fingerprint density at radius 3 is 1.92 bits per heavy atom. The molecule has 1 aromatic heterocycles. The van der Waals surface area contributed by atoms with Crippen LogP contribution in [-0.4, -0.2) is 25.2 Å². The highest BCUT2D eigenvalue weighted by Crippen LogP contribution is 2.34. The lowest BCUT2D eigenvalue weighted by atomic mass is 10.0. The van der Waals surface area contributed by atoms with E-state index in [-0.39, 0.29) is 43.5 Å². The van der Waals surface area contributed by atoms with Crippen LogP contribution in [0.25, 0.3) is 11.0 Å². The maximum Gasteiger partial charge on any atom is 0.344 e. The van der Waals surface area contributed by atoms with E-state index in [9.17, 15) is 14.4 Å². The smallest absolute Gasteiger partial charge is 0.344 e. The van der Waals surface area contributed by atoms with Crippen molar-refractivity contribution in [3.63, 3.8) is 0 Å². The Bertz CT molecular complexity index is 1430. The van der Waals surface area contributed by atoms with Gasteiger partial charge in [0, 0.05) is 18.2 Å². The normalized spacial score (nSPS) is 10.7. The van der Waals surface area contributed by atoms with Gasteiger partial charge in [0.1, 0.15) is 30.3 Å². The molecule has 0 saturated heterocycles. The van der Waals surface area contributed by atoms with E-state index in [2.05, 4.69) is 0 Å². The van der Waals surface area contributed by atoms with E-state index in [1.54, 1.807) is 6.07 Å². The van der Waals surface area contributed by atoms with E-state index in [1.807, 2.05) is 67.6 Å². The minimum Gasteiger partial charge on any atom is -0.482 e. The van der Waals surface area contributed by atoms with Gasteiger partial charge in [-0.2, -0.15) is 0 Å². The zero-order valence-electron chi connectivity index (χ0n) is 21.0. The number of hydrogen-bond acceptors (Lipinski definition) is 8. The molecule has 8 heteroatoms. The highest BCUT2D eigenvalue weighted by molar-refractivity contribution is 5.89. The van der Waals surface area contributed by atoms with E-state index >= 15 is 0 Å². The molecule has 0 radical (unpaired) electrons. The van der Waals surface area contributed by atoms with Gasteiger partial charge >= 0.3 is 17.6 Å². The van der Waals surface area contributed by atoms with E-state index < -0.39 is 17.6 Å². The van der Waals surface area contributed by atoms with Gasteiger partial charge in [0.15, 0.2) is 13.2 Å². The molecule has 1 heterocycles. The number of carbonyl (C=O) groups excluding carboxylic acids is 2. The quantitative estimate of drug-likeness (QED) is 0.192. The zero-order chi connectivity index (χ0) is 26.7. The summed E-state index contributed by atoms with van der Waals surface area (Å²) in [5.74, 6) is -0.632. The number of carbonyl (C=O) groups is 2. The van der Waals surface area contributed by atoms with Gasteiger partial charge in [-0.1, -0.05) is 74.0 Å². The molecule has 3 aromatic carbocycles. The zero-order valence-corrected chi connectivity index (χ0v) is 21.0. The Balaban J connectivity index is 1.48. The van der Waals surface area contributed by atoms with Gasteiger partial charge in [-0.05, 0) is 23.1 Å². The van der Waals surface area contributed by atoms with E-state index in [4.69, 9.17) is 23.4 Å². The first-order valence-electron chi connectivity index (χ1n) is 12.3. The van der Waals surface area contributed by atoms with Crippen LogP contribution < -0.4 is 15.1 Å². The molecular weight excluding hydrogens is 488 g/mol. The molecular formula is C30H28O8. The second-order valence-electron chi connectivity index (χ2n) is 8.51. The molecule has 0 aliphatic carbocycles. The van der Waals surface area contributed by atoms with Crippen molar-refractivity contribution in [2.75, 3.05) is 13.2 Å². The summed E-state index contributed by atoms with van der Waals surface area (Å²) < 4.78 is 27.4. The van der Waals surface area contributed by atoms with Crippen molar-refractivity contribution in [2.24, 2.45) is 0 Å². The predicted molar refractivity (Wildman–Crippen MR) is 140 cm³/mol. The van der Waals surface area contributed by atoms with Crippen LogP contribution in [0.15, 0.2) is 88.1 Å². The highest BCUT2D eigenvalue weighted by Gasteiger charge is 2.17. The van der Waals surface area contributed by atoms with E-state index in [0.29, 0.717) is 11.8 Å². The first-order valence-corrected chi connectivity index (χ1v) is 12.3. The van der Waals surface area contributed by atoms with Gasteiger partial charge in [-0.15, -0.1) is 0 Å². The van der Waals surface area contributed by atoms with Gasteiger partial charge in [0.2, 0.25) is 0 Å². The van der Waals surface area contributed by atoms with Crippen LogP contribution in [0, 0.1) is 0 Å². The molecule has 0 spiro atoms. The average molecular weight is 517 g/mol. The minimum atomic E-state index is -0.568. The third-order valence-electron chi connectivity index (χ3n) is 5.57. The monoisotopic (exact) mass is 516 g/mol. The fourth-order valence-corrected chi connectivity index (χ4v) is 3.82. The molecule has 8 nitrogen and oxygen atoms in total. The number of benzene rings is 3. The molecule has 0 aliphatic rings. The minimum absolute atomic E-state index is 0.119. The SMILES string of the molecule is CCCc1cc(=O)oc2cc(OCC(=O)OCc3ccccc3)cc(OCC(=O)OCc3ccccc3)c12. The number of aryl methyl sites for hydroxylation is 1. The van der Waals surface area contributed by atoms with Crippen LogP contribution in [-0.2, 0) is 38.7 Å². The van der Waals surface area contributed by atoms with Crippen molar-refractivity contribution in [1.29, 1.82) is 0 Å². The average Bonchev–Trinajstić information content (AvgIpc) is 2.93. The Labute approximate surface area is 219 Å². The van der Waals surface area contributed by atoms with Crippen molar-refractivity contribution >= 4 is 22.9 Å². The van der Waals surface area contributed by atoms with Crippen LogP contribution in [0.2, 0.25) is 0 Å². The molecule has 38 heavy (non-hydrogen) atoms. The van der Waals surface area contributed by atoms with Crippen molar-refractivity contribution < 1.29 is 33.0 Å². The topological polar surface area (TPSA) is 101 Å². The van der Waals surface area contributed by atoms with Crippen LogP contribution in [0.1, 0.15) is 30.0 Å². The summed E-state index contributed by atoms with van der Waals surface area (Å²) in [4.78, 5) is 36.8. The Hall–Kier alpha value is -4.59. The summed E-state index contributed by atoms with van der Waals surface area (Å²) in [7, 11) is 0. The van der Waals surface area contributed by atoms with E-state index in [1.165, 1.54) is 12.1 Å². The van der Waals surface area contributed by atoms with Crippen LogP contribution in [0.4, 0.5) is 0 Å². The molecule has 0 N–H and O–H groups in total. The molecule has 0 atom stereocenters. The second kappa shape index (κ2) is 13.1. The number of esters is 2. The number of rotatable bonds is 12. The Kier molecular flexibility index (Phi) is 9.12. The largest absolute Gasteiger partial charge is 0.482 e. The Morgan fingerprint density at radius 1 is 0.763 bits per heavy atom. The summed E-state index contributed by atoms with van der Waals surface area (Å²) in [6, 6.07) is 23.1. The van der Waals surface area contributed by atoms with Crippen LogP contribution in [0.3, 0.4) is 0 Å². The molecule has 0 bridgehead atoms. The lowest BCUT2D eigenvalue weighted by Crippen LogP contribution is -2.16. The van der Waals surface area contributed by atoms with Crippen molar-refractivity contribution in [3.05, 3.63) is 106 Å². The first-order chi connectivity index (χ1) is 18.5. The first kappa shape index (κ1) is 26.5. The number of fused-ring (bicyclic) bond motifs is 1. The highest BCUT2D eigenvalue weighted by atomic mass is 16.6.